The second-order valence-electron chi connectivity index (χ2n) is 5.92. The number of methoxy groups -OCH3 is 1. The molecule has 0 spiro atoms. The second-order valence-corrected chi connectivity index (χ2v) is 5.92. The molecule has 1 heterocycles. The van der Waals surface area contributed by atoms with E-state index in [1.807, 2.05) is 25.1 Å². The zero-order chi connectivity index (χ0) is 16.8. The molecule has 1 unspecified atom stereocenters. The van der Waals surface area contributed by atoms with E-state index in [1.54, 1.807) is 18.9 Å². The topological polar surface area (TPSA) is 55.8 Å². The average Bonchev–Trinajstić information content (AvgIpc) is 2.55. The summed E-state index contributed by atoms with van der Waals surface area (Å²) in [6.07, 6.45) is 1.91. The summed E-state index contributed by atoms with van der Waals surface area (Å²) in [5, 5.41) is 0. The van der Waals surface area contributed by atoms with Gasteiger partial charge in [0.05, 0.1) is 26.1 Å². The molecule has 1 aliphatic rings. The number of benzene rings is 1. The molecule has 0 radical (unpaired) electrons. The van der Waals surface area contributed by atoms with Crippen molar-refractivity contribution in [1.82, 2.24) is 4.90 Å². The highest BCUT2D eigenvalue weighted by Crippen LogP contribution is 2.23. The Morgan fingerprint density at radius 3 is 2.83 bits per heavy atom. The number of likely N-dealkylation sites (tertiary alicyclic amines) is 1. The molecule has 0 bridgehead atoms. The van der Waals surface area contributed by atoms with Gasteiger partial charge in [-0.15, -0.1) is 0 Å². The summed E-state index contributed by atoms with van der Waals surface area (Å²) in [6.45, 7) is 5.32. The lowest BCUT2D eigenvalue weighted by molar-refractivity contribution is -0.151. The monoisotopic (exact) mass is 319 g/mol. The van der Waals surface area contributed by atoms with Gasteiger partial charge in [-0.1, -0.05) is 17.7 Å². The number of ether oxygens (including phenoxy) is 2. The van der Waals surface area contributed by atoms with Crippen LogP contribution < -0.4 is 4.74 Å². The Kier molecular flexibility index (Phi) is 6.02. The third-order valence-corrected chi connectivity index (χ3v) is 4.17. The molecule has 0 aliphatic carbocycles. The van der Waals surface area contributed by atoms with Gasteiger partial charge in [-0.05, 0) is 32.8 Å². The van der Waals surface area contributed by atoms with E-state index in [0.717, 1.165) is 29.7 Å². The van der Waals surface area contributed by atoms with Crippen LogP contribution in [0, 0.1) is 12.8 Å². The Hall–Kier alpha value is -2.04. The van der Waals surface area contributed by atoms with E-state index in [0.29, 0.717) is 26.1 Å². The Bertz CT molecular complexity index is 570. The van der Waals surface area contributed by atoms with Crippen LogP contribution in [0.25, 0.3) is 0 Å². The minimum atomic E-state index is -0.202. The molecule has 1 atom stereocenters. The van der Waals surface area contributed by atoms with Crippen molar-refractivity contribution in [3.05, 3.63) is 29.3 Å². The normalized spacial score (nSPS) is 17.7. The summed E-state index contributed by atoms with van der Waals surface area (Å²) >= 11 is 0. The van der Waals surface area contributed by atoms with Gasteiger partial charge in [0.2, 0.25) is 5.91 Å². The van der Waals surface area contributed by atoms with Crippen molar-refractivity contribution < 1.29 is 19.1 Å². The van der Waals surface area contributed by atoms with Crippen LogP contribution in [0.4, 0.5) is 0 Å². The fraction of sp³-hybridized carbons (Fsp3) is 0.556. The number of esters is 1. The number of rotatable bonds is 5. The van der Waals surface area contributed by atoms with Gasteiger partial charge < -0.3 is 14.4 Å². The maximum absolute atomic E-state index is 12.6. The Morgan fingerprint density at radius 2 is 2.13 bits per heavy atom. The molecule has 5 nitrogen and oxygen atoms in total. The largest absolute Gasteiger partial charge is 0.496 e. The SMILES string of the molecule is CCOC(=O)C1CCCN(C(=O)Cc2cc(C)ccc2OC)C1. The van der Waals surface area contributed by atoms with E-state index in [-0.39, 0.29) is 17.8 Å². The zero-order valence-corrected chi connectivity index (χ0v) is 14.1. The van der Waals surface area contributed by atoms with Crippen LogP contribution in [0.2, 0.25) is 0 Å². The van der Waals surface area contributed by atoms with Crippen LogP contribution in [0.5, 0.6) is 5.75 Å². The molecular formula is C18H25NO4. The van der Waals surface area contributed by atoms with E-state index >= 15 is 0 Å². The fourth-order valence-electron chi connectivity index (χ4n) is 2.98. The third kappa shape index (κ3) is 4.47. The second kappa shape index (κ2) is 7.99. The summed E-state index contributed by atoms with van der Waals surface area (Å²) in [4.78, 5) is 26.3. The molecule has 5 heteroatoms. The van der Waals surface area contributed by atoms with Gasteiger partial charge in [-0.3, -0.25) is 9.59 Å². The van der Waals surface area contributed by atoms with Crippen molar-refractivity contribution >= 4 is 11.9 Å². The van der Waals surface area contributed by atoms with Crippen molar-refractivity contribution in [3.63, 3.8) is 0 Å². The first kappa shape index (κ1) is 17.3. The molecule has 1 aromatic rings. The molecule has 0 aromatic heterocycles. The maximum atomic E-state index is 12.6. The third-order valence-electron chi connectivity index (χ3n) is 4.17. The van der Waals surface area contributed by atoms with Crippen molar-refractivity contribution in [2.24, 2.45) is 5.92 Å². The van der Waals surface area contributed by atoms with Gasteiger partial charge in [-0.2, -0.15) is 0 Å². The van der Waals surface area contributed by atoms with Gasteiger partial charge in [0.1, 0.15) is 5.75 Å². The molecular weight excluding hydrogens is 294 g/mol. The van der Waals surface area contributed by atoms with Crippen LogP contribution >= 0.6 is 0 Å². The van der Waals surface area contributed by atoms with Crippen LogP contribution in [-0.4, -0.2) is 43.6 Å². The number of hydrogen-bond acceptors (Lipinski definition) is 4. The summed E-state index contributed by atoms with van der Waals surface area (Å²) in [5.41, 5.74) is 1.98. The highest BCUT2D eigenvalue weighted by molar-refractivity contribution is 5.81. The van der Waals surface area contributed by atoms with Gasteiger partial charge in [-0.25, -0.2) is 0 Å². The number of piperidine rings is 1. The molecule has 1 fully saturated rings. The Balaban J connectivity index is 2.03. The quantitative estimate of drug-likeness (QED) is 0.782. The minimum Gasteiger partial charge on any atom is -0.496 e. The van der Waals surface area contributed by atoms with Crippen LogP contribution in [-0.2, 0) is 20.7 Å². The lowest BCUT2D eigenvalue weighted by atomic mass is 9.97. The van der Waals surface area contributed by atoms with Crippen molar-refractivity contribution in [1.29, 1.82) is 0 Å². The number of carbonyl (C=O) groups excluding carboxylic acids is 2. The Morgan fingerprint density at radius 1 is 1.35 bits per heavy atom. The predicted octanol–water partition coefficient (Wildman–Crippen LogP) is 2.35. The van der Waals surface area contributed by atoms with E-state index in [4.69, 9.17) is 9.47 Å². The number of nitrogens with zero attached hydrogens (tertiary/aromatic N) is 1. The highest BCUT2D eigenvalue weighted by Gasteiger charge is 2.29. The molecule has 0 N–H and O–H groups in total. The molecule has 1 aliphatic heterocycles. The molecule has 1 aromatic carbocycles. The lowest BCUT2D eigenvalue weighted by Crippen LogP contribution is -2.43. The van der Waals surface area contributed by atoms with E-state index in [9.17, 15) is 9.59 Å². The first-order valence-electron chi connectivity index (χ1n) is 8.13. The standard InChI is InChI=1S/C18H25NO4/c1-4-23-18(21)14-6-5-9-19(12-14)17(20)11-15-10-13(2)7-8-16(15)22-3/h7-8,10,14H,4-6,9,11-12H2,1-3H3. The first-order chi connectivity index (χ1) is 11.0. The lowest BCUT2D eigenvalue weighted by Gasteiger charge is -2.31. The van der Waals surface area contributed by atoms with Gasteiger partial charge in [0.15, 0.2) is 0 Å². The zero-order valence-electron chi connectivity index (χ0n) is 14.1. The number of aryl methyl sites for hydroxylation is 1. The predicted molar refractivity (Wildman–Crippen MR) is 87.4 cm³/mol. The minimum absolute atomic E-state index is 0.0305. The van der Waals surface area contributed by atoms with Gasteiger partial charge in [0, 0.05) is 18.7 Å². The molecule has 23 heavy (non-hydrogen) atoms. The van der Waals surface area contributed by atoms with Gasteiger partial charge >= 0.3 is 5.97 Å². The summed E-state index contributed by atoms with van der Waals surface area (Å²) in [6, 6.07) is 5.82. The summed E-state index contributed by atoms with van der Waals surface area (Å²) in [7, 11) is 1.61. The fourth-order valence-corrected chi connectivity index (χ4v) is 2.98. The molecule has 126 valence electrons. The smallest absolute Gasteiger partial charge is 0.310 e. The molecule has 1 saturated heterocycles. The summed E-state index contributed by atoms with van der Waals surface area (Å²) in [5.74, 6) is 0.357. The van der Waals surface area contributed by atoms with E-state index in [2.05, 4.69) is 0 Å². The van der Waals surface area contributed by atoms with Crippen LogP contribution in [0.15, 0.2) is 18.2 Å². The van der Waals surface area contributed by atoms with E-state index < -0.39 is 0 Å². The molecule has 0 saturated carbocycles. The number of amides is 1. The van der Waals surface area contributed by atoms with Crippen molar-refractivity contribution in [2.45, 2.75) is 33.1 Å². The highest BCUT2D eigenvalue weighted by atomic mass is 16.5. The maximum Gasteiger partial charge on any atom is 0.310 e. The van der Waals surface area contributed by atoms with Crippen molar-refractivity contribution in [2.75, 3.05) is 26.8 Å². The van der Waals surface area contributed by atoms with Gasteiger partial charge in [0.25, 0.3) is 0 Å². The molecule has 2 rings (SSSR count). The average molecular weight is 319 g/mol. The number of carbonyl (C=O) groups is 2. The number of hydrogen-bond donors (Lipinski definition) is 0. The molecule has 1 amide bonds. The van der Waals surface area contributed by atoms with Crippen molar-refractivity contribution in [3.8, 4) is 5.75 Å². The Labute approximate surface area is 137 Å². The first-order valence-corrected chi connectivity index (χ1v) is 8.13. The van der Waals surface area contributed by atoms with Crippen LogP contribution in [0.3, 0.4) is 0 Å². The summed E-state index contributed by atoms with van der Waals surface area (Å²) < 4.78 is 10.4. The van der Waals surface area contributed by atoms with Crippen LogP contribution in [0.1, 0.15) is 30.9 Å². The van der Waals surface area contributed by atoms with E-state index in [1.165, 1.54) is 0 Å².